The second kappa shape index (κ2) is 8.71. The van der Waals surface area contributed by atoms with Crippen molar-refractivity contribution in [3.63, 3.8) is 0 Å². The van der Waals surface area contributed by atoms with Crippen molar-refractivity contribution in [3.05, 3.63) is 83.6 Å². The molecular weight excluding hydrogens is 406 g/mol. The first-order chi connectivity index (χ1) is 14.1. The second-order valence-corrected chi connectivity index (χ2v) is 7.84. The molecule has 0 atom stereocenters. The summed E-state index contributed by atoms with van der Waals surface area (Å²) in [5.74, 6) is 2.18. The topological polar surface area (TPSA) is 57.2 Å². The summed E-state index contributed by atoms with van der Waals surface area (Å²) in [5.41, 5.74) is 3.10. The third-order valence-electron chi connectivity index (χ3n) is 4.38. The molecule has 4 aromatic rings. The molecule has 0 amide bonds. The Morgan fingerprint density at radius 3 is 2.76 bits per heavy atom. The van der Waals surface area contributed by atoms with Crippen LogP contribution in [0.1, 0.15) is 17.2 Å². The largest absolute Gasteiger partial charge is 0.486 e. The van der Waals surface area contributed by atoms with E-state index in [1.54, 1.807) is 23.9 Å². The number of nitrogens with zero attached hydrogens (tertiary/aromatic N) is 5. The van der Waals surface area contributed by atoms with Gasteiger partial charge in [0.1, 0.15) is 18.0 Å². The fraction of sp³-hybridized carbons (Fsp3) is 0.190. The second-order valence-electron chi connectivity index (χ2n) is 6.46. The van der Waals surface area contributed by atoms with Gasteiger partial charge >= 0.3 is 0 Å². The molecule has 0 bridgehead atoms. The molecule has 1 aromatic carbocycles. The number of fused-ring (bicyclic) bond motifs is 1. The Kier molecular flexibility index (Phi) is 5.87. The van der Waals surface area contributed by atoms with Gasteiger partial charge < -0.3 is 9.14 Å². The Balaban J connectivity index is 1.47. The van der Waals surface area contributed by atoms with E-state index in [9.17, 15) is 0 Å². The van der Waals surface area contributed by atoms with Crippen LogP contribution in [0.15, 0.2) is 66.5 Å². The third kappa shape index (κ3) is 4.46. The van der Waals surface area contributed by atoms with Crippen LogP contribution in [-0.2, 0) is 18.9 Å². The lowest BCUT2D eigenvalue weighted by atomic mass is 10.3. The molecule has 148 valence electrons. The highest BCUT2D eigenvalue weighted by Gasteiger charge is 2.14. The zero-order valence-electron chi connectivity index (χ0n) is 16.0. The van der Waals surface area contributed by atoms with Crippen LogP contribution in [0.25, 0.3) is 5.65 Å². The van der Waals surface area contributed by atoms with Crippen LogP contribution in [0, 0.1) is 6.92 Å². The van der Waals surface area contributed by atoms with Gasteiger partial charge in [-0.3, -0.25) is 4.57 Å². The number of allylic oxidation sites excluding steroid dienone is 1. The van der Waals surface area contributed by atoms with Crippen molar-refractivity contribution >= 4 is 29.0 Å². The van der Waals surface area contributed by atoms with Crippen molar-refractivity contribution in [1.29, 1.82) is 0 Å². The molecular formula is C21H20ClN5OS. The summed E-state index contributed by atoms with van der Waals surface area (Å²) in [6.45, 7) is 6.84. The van der Waals surface area contributed by atoms with Crippen LogP contribution in [0.3, 0.4) is 0 Å². The van der Waals surface area contributed by atoms with Gasteiger partial charge in [0, 0.05) is 29.2 Å². The molecule has 0 saturated heterocycles. The predicted molar refractivity (Wildman–Crippen MR) is 115 cm³/mol. The molecule has 0 fully saturated rings. The van der Waals surface area contributed by atoms with Gasteiger partial charge in [-0.15, -0.1) is 16.8 Å². The number of pyridine rings is 1. The first kappa shape index (κ1) is 19.5. The fourth-order valence-corrected chi connectivity index (χ4v) is 3.91. The van der Waals surface area contributed by atoms with E-state index < -0.39 is 0 Å². The SMILES string of the molecule is C=CCn1c(COc2ccc(Cl)cc2)nnc1SCc1cn2c(C)cccc2n1. The van der Waals surface area contributed by atoms with E-state index in [1.807, 2.05) is 34.9 Å². The Hall–Kier alpha value is -2.77. The molecule has 4 rings (SSSR count). The van der Waals surface area contributed by atoms with E-state index in [1.165, 1.54) is 0 Å². The lowest BCUT2D eigenvalue weighted by Crippen LogP contribution is -2.07. The van der Waals surface area contributed by atoms with Crippen LogP contribution in [0.2, 0.25) is 5.02 Å². The summed E-state index contributed by atoms with van der Waals surface area (Å²) in [5, 5.41) is 10.1. The van der Waals surface area contributed by atoms with Crippen LogP contribution in [0.4, 0.5) is 0 Å². The van der Waals surface area contributed by atoms with E-state index in [0.717, 1.165) is 33.8 Å². The maximum absolute atomic E-state index is 5.92. The molecule has 0 spiro atoms. The molecule has 8 heteroatoms. The minimum Gasteiger partial charge on any atom is -0.486 e. The Morgan fingerprint density at radius 1 is 1.17 bits per heavy atom. The van der Waals surface area contributed by atoms with Crippen molar-refractivity contribution in [3.8, 4) is 5.75 Å². The highest BCUT2D eigenvalue weighted by Crippen LogP contribution is 2.23. The molecule has 0 N–H and O–H groups in total. The summed E-state index contributed by atoms with van der Waals surface area (Å²) in [4.78, 5) is 4.68. The minimum absolute atomic E-state index is 0.316. The number of rotatable bonds is 8. The Labute approximate surface area is 178 Å². The summed E-state index contributed by atoms with van der Waals surface area (Å²) in [6.07, 6.45) is 3.89. The standard InChI is InChI=1S/C21H20ClN5OS/c1-3-11-26-20(13-28-18-9-7-16(22)8-10-18)24-25-21(26)29-14-17-12-27-15(2)5-4-6-19(27)23-17/h3-10,12H,1,11,13-14H2,2H3. The smallest absolute Gasteiger partial charge is 0.191 e. The minimum atomic E-state index is 0.316. The molecule has 0 radical (unpaired) electrons. The van der Waals surface area contributed by atoms with Crippen molar-refractivity contribution in [1.82, 2.24) is 24.1 Å². The van der Waals surface area contributed by atoms with Crippen molar-refractivity contribution < 1.29 is 4.74 Å². The van der Waals surface area contributed by atoms with Gasteiger partial charge in [-0.05, 0) is 43.3 Å². The lowest BCUT2D eigenvalue weighted by Gasteiger charge is -2.09. The molecule has 0 aliphatic heterocycles. The summed E-state index contributed by atoms with van der Waals surface area (Å²) in [7, 11) is 0. The normalized spacial score (nSPS) is 11.1. The van der Waals surface area contributed by atoms with Crippen molar-refractivity contribution in [2.24, 2.45) is 0 Å². The number of halogens is 1. The van der Waals surface area contributed by atoms with Gasteiger partial charge in [0.25, 0.3) is 0 Å². The fourth-order valence-electron chi connectivity index (χ4n) is 2.93. The molecule has 0 aliphatic carbocycles. The summed E-state index contributed by atoms with van der Waals surface area (Å²) in [6, 6.07) is 13.3. The quantitative estimate of drug-likeness (QED) is 0.295. The van der Waals surface area contributed by atoms with Crippen molar-refractivity contribution in [2.75, 3.05) is 0 Å². The maximum atomic E-state index is 5.92. The number of thioether (sulfide) groups is 1. The molecule has 29 heavy (non-hydrogen) atoms. The van der Waals surface area contributed by atoms with Gasteiger partial charge in [-0.25, -0.2) is 4.98 Å². The number of ether oxygens (including phenoxy) is 1. The van der Waals surface area contributed by atoms with Gasteiger partial charge in [0.15, 0.2) is 11.0 Å². The molecule has 0 unspecified atom stereocenters. The average molecular weight is 426 g/mol. The number of aryl methyl sites for hydroxylation is 1. The van der Waals surface area contributed by atoms with Crippen LogP contribution in [-0.4, -0.2) is 24.1 Å². The van der Waals surface area contributed by atoms with Gasteiger partial charge in [-0.1, -0.05) is 35.5 Å². The van der Waals surface area contributed by atoms with Crippen molar-refractivity contribution in [2.45, 2.75) is 31.0 Å². The number of imidazole rings is 1. The van der Waals surface area contributed by atoms with Gasteiger partial charge in [0.2, 0.25) is 0 Å². The number of hydrogen-bond donors (Lipinski definition) is 0. The first-order valence-electron chi connectivity index (χ1n) is 9.12. The van der Waals surface area contributed by atoms with E-state index >= 15 is 0 Å². The van der Waals surface area contributed by atoms with E-state index in [4.69, 9.17) is 16.3 Å². The van der Waals surface area contributed by atoms with E-state index in [2.05, 4.69) is 45.3 Å². The summed E-state index contributed by atoms with van der Waals surface area (Å²) < 4.78 is 9.92. The number of hydrogen-bond acceptors (Lipinski definition) is 5. The van der Waals surface area contributed by atoms with E-state index in [-0.39, 0.29) is 0 Å². The highest BCUT2D eigenvalue weighted by molar-refractivity contribution is 7.98. The van der Waals surface area contributed by atoms with Crippen LogP contribution >= 0.6 is 23.4 Å². The molecule has 3 aromatic heterocycles. The Bertz CT molecular complexity index is 1140. The molecule has 0 aliphatic rings. The highest BCUT2D eigenvalue weighted by atomic mass is 35.5. The molecule has 6 nitrogen and oxygen atoms in total. The zero-order chi connectivity index (χ0) is 20.2. The summed E-state index contributed by atoms with van der Waals surface area (Å²) >= 11 is 7.51. The molecule has 0 saturated carbocycles. The first-order valence-corrected chi connectivity index (χ1v) is 10.5. The lowest BCUT2D eigenvalue weighted by molar-refractivity contribution is 0.289. The number of benzene rings is 1. The molecule has 3 heterocycles. The van der Waals surface area contributed by atoms with E-state index in [0.29, 0.717) is 23.9 Å². The average Bonchev–Trinajstić information content (AvgIpc) is 3.31. The van der Waals surface area contributed by atoms with Crippen LogP contribution < -0.4 is 4.74 Å². The number of aromatic nitrogens is 5. The maximum Gasteiger partial charge on any atom is 0.191 e. The zero-order valence-corrected chi connectivity index (χ0v) is 17.5. The Morgan fingerprint density at radius 2 is 2.00 bits per heavy atom. The monoisotopic (exact) mass is 425 g/mol. The van der Waals surface area contributed by atoms with Gasteiger partial charge in [-0.2, -0.15) is 0 Å². The third-order valence-corrected chi connectivity index (χ3v) is 5.63. The van der Waals surface area contributed by atoms with Gasteiger partial charge in [0.05, 0.1) is 5.69 Å². The van der Waals surface area contributed by atoms with Crippen LogP contribution in [0.5, 0.6) is 5.75 Å². The predicted octanol–water partition coefficient (Wildman–Crippen LogP) is 4.94.